The SMILES string of the molecule is O=C(c1ccc(C(F)(F)F)cc1)c1sc2cc(O)ccc2c1-c1ccc(OCCCN2CC(c3c(O)ccc4c(-c5ccc(OCCCN6CCC6)cc5)c(C(=O)c5ccc(Cl)cc5)sc34)C2)cc1. The molecule has 0 radical (unpaired) electrons. The van der Waals surface area contributed by atoms with Gasteiger partial charge in [-0.05, 0) is 134 Å². The highest BCUT2D eigenvalue weighted by atomic mass is 35.5. The van der Waals surface area contributed by atoms with Gasteiger partial charge in [0.1, 0.15) is 23.0 Å². The van der Waals surface area contributed by atoms with Gasteiger partial charge in [-0.3, -0.25) is 9.59 Å². The Balaban J connectivity index is 0.801. The van der Waals surface area contributed by atoms with Gasteiger partial charge in [-0.25, -0.2) is 0 Å². The highest BCUT2D eigenvalue weighted by Crippen LogP contribution is 2.48. The smallest absolute Gasteiger partial charge is 0.416 e. The molecule has 0 bridgehead atoms. The second-order valence-electron chi connectivity index (χ2n) is 17.5. The second kappa shape index (κ2) is 19.6. The number of phenols is 2. The van der Waals surface area contributed by atoms with Gasteiger partial charge in [0.15, 0.2) is 0 Å². The Bertz CT molecular complexity index is 3160. The molecule has 2 saturated heterocycles. The van der Waals surface area contributed by atoms with Crippen LogP contribution in [0.2, 0.25) is 5.02 Å². The Morgan fingerprint density at radius 1 is 0.652 bits per heavy atom. The zero-order valence-electron chi connectivity index (χ0n) is 37.2. The van der Waals surface area contributed by atoms with Crippen LogP contribution < -0.4 is 9.47 Å². The molecule has 2 aliphatic heterocycles. The molecule has 0 amide bonds. The standard InChI is InChI=1S/C55H46ClF3N2O6S2/c56-39-14-6-36(7-15-39)51(65)54-48(34-10-19-42(20-11-34)66-28-2-26-60-24-1-25-60)44-22-23-45(63)49(52(44)69-54)37-31-61(32-37)27-3-29-67-41-17-8-33(9-18-41)47-43-21-16-40(62)30-46(43)68-53(47)50(64)35-4-12-38(13-5-35)55(57,58)59/h4-23,30,37,62-63H,1-3,24-29,31-32H2. The molecule has 8 aromatic rings. The van der Waals surface area contributed by atoms with Crippen LogP contribution in [0.3, 0.4) is 0 Å². The molecular weight excluding hydrogens is 941 g/mol. The fourth-order valence-corrected chi connectivity index (χ4v) is 11.9. The number of carbonyl (C=O) groups excluding carboxylic acids is 2. The third-order valence-electron chi connectivity index (χ3n) is 12.9. The van der Waals surface area contributed by atoms with Crippen molar-refractivity contribution in [1.82, 2.24) is 9.80 Å². The van der Waals surface area contributed by atoms with Gasteiger partial charge in [0, 0.05) is 85.1 Å². The van der Waals surface area contributed by atoms with E-state index in [1.807, 2.05) is 54.6 Å². The summed E-state index contributed by atoms with van der Waals surface area (Å²) in [6.45, 7) is 6.70. The lowest BCUT2D eigenvalue weighted by Gasteiger charge is -2.40. The molecule has 10 rings (SSSR count). The number of hydrogen-bond acceptors (Lipinski definition) is 10. The van der Waals surface area contributed by atoms with E-state index in [1.165, 1.54) is 41.2 Å². The predicted molar refractivity (Wildman–Crippen MR) is 268 cm³/mol. The number of ether oxygens (including phenoxy) is 2. The summed E-state index contributed by atoms with van der Waals surface area (Å²) >= 11 is 8.80. The average molecular weight is 988 g/mol. The van der Waals surface area contributed by atoms with Crippen molar-refractivity contribution in [2.24, 2.45) is 0 Å². The van der Waals surface area contributed by atoms with E-state index in [0.29, 0.717) is 49.6 Å². The molecule has 2 aromatic heterocycles. The Morgan fingerprint density at radius 2 is 1.19 bits per heavy atom. The molecule has 14 heteroatoms. The molecule has 0 saturated carbocycles. The maximum atomic E-state index is 14.3. The second-order valence-corrected chi connectivity index (χ2v) is 20.0. The van der Waals surface area contributed by atoms with Crippen molar-refractivity contribution in [3.8, 4) is 45.3 Å². The van der Waals surface area contributed by atoms with E-state index < -0.39 is 17.5 Å². The summed E-state index contributed by atoms with van der Waals surface area (Å²) in [6.07, 6.45) is -1.54. The lowest BCUT2D eigenvalue weighted by Crippen LogP contribution is -2.45. The summed E-state index contributed by atoms with van der Waals surface area (Å²) in [5.41, 5.74) is 3.76. The van der Waals surface area contributed by atoms with Gasteiger partial charge >= 0.3 is 6.18 Å². The first-order chi connectivity index (χ1) is 33.4. The summed E-state index contributed by atoms with van der Waals surface area (Å²) in [5.74, 6) is 1.21. The molecule has 0 spiro atoms. The molecule has 0 atom stereocenters. The van der Waals surface area contributed by atoms with Crippen molar-refractivity contribution >= 4 is 66.0 Å². The molecule has 2 aliphatic rings. The highest BCUT2D eigenvalue weighted by Gasteiger charge is 2.34. The van der Waals surface area contributed by atoms with E-state index in [1.54, 1.807) is 48.5 Å². The minimum absolute atomic E-state index is 0.0395. The topological polar surface area (TPSA) is 99.5 Å². The van der Waals surface area contributed by atoms with Gasteiger partial charge in [-0.15, -0.1) is 22.7 Å². The summed E-state index contributed by atoms with van der Waals surface area (Å²) in [5, 5.41) is 23.8. The summed E-state index contributed by atoms with van der Waals surface area (Å²) in [6, 6.07) is 34.9. The Kier molecular flexibility index (Phi) is 13.2. The normalized spacial score (nSPS) is 14.5. The Labute approximate surface area is 409 Å². The maximum Gasteiger partial charge on any atom is 0.416 e. The highest BCUT2D eigenvalue weighted by molar-refractivity contribution is 7.22. The minimum Gasteiger partial charge on any atom is -0.508 e. The monoisotopic (exact) mass is 986 g/mol. The number of phenolic OH excluding ortho intramolecular Hbond substituents is 2. The van der Waals surface area contributed by atoms with E-state index in [0.717, 1.165) is 108 Å². The fourth-order valence-electron chi connectivity index (χ4n) is 9.15. The molecule has 8 nitrogen and oxygen atoms in total. The van der Waals surface area contributed by atoms with E-state index >= 15 is 0 Å². The van der Waals surface area contributed by atoms with Gasteiger partial charge in [0.25, 0.3) is 0 Å². The first-order valence-corrected chi connectivity index (χ1v) is 24.9. The number of ketones is 2. The number of thiophene rings is 2. The van der Waals surface area contributed by atoms with Crippen LogP contribution in [0.1, 0.15) is 66.8 Å². The number of fused-ring (bicyclic) bond motifs is 2. The number of likely N-dealkylation sites (tertiary alicyclic amines) is 2. The van der Waals surface area contributed by atoms with Gasteiger partial charge in [-0.2, -0.15) is 13.2 Å². The lowest BCUT2D eigenvalue weighted by molar-refractivity contribution is -0.137. The van der Waals surface area contributed by atoms with Crippen molar-refractivity contribution in [2.45, 2.75) is 31.4 Å². The van der Waals surface area contributed by atoms with Crippen LogP contribution in [0.15, 0.2) is 127 Å². The van der Waals surface area contributed by atoms with Crippen LogP contribution in [0.4, 0.5) is 13.2 Å². The number of nitrogens with zero attached hydrogens (tertiary/aromatic N) is 2. The van der Waals surface area contributed by atoms with Crippen LogP contribution in [0.5, 0.6) is 23.0 Å². The third-order valence-corrected chi connectivity index (χ3v) is 15.6. The Hall–Kier alpha value is -6.22. The maximum absolute atomic E-state index is 14.3. The van der Waals surface area contributed by atoms with Crippen LogP contribution in [-0.2, 0) is 6.18 Å². The molecule has 6 aromatic carbocycles. The predicted octanol–water partition coefficient (Wildman–Crippen LogP) is 13.3. The molecule has 352 valence electrons. The number of halogens is 4. The molecule has 69 heavy (non-hydrogen) atoms. The average Bonchev–Trinajstić information content (AvgIpc) is 3.89. The zero-order valence-corrected chi connectivity index (χ0v) is 39.6. The van der Waals surface area contributed by atoms with Crippen LogP contribution in [0, 0.1) is 0 Å². The van der Waals surface area contributed by atoms with Gasteiger partial charge in [0.2, 0.25) is 11.6 Å². The number of carbonyl (C=O) groups is 2. The van der Waals surface area contributed by atoms with Crippen LogP contribution in [0.25, 0.3) is 42.4 Å². The van der Waals surface area contributed by atoms with Gasteiger partial charge < -0.3 is 29.5 Å². The van der Waals surface area contributed by atoms with Crippen molar-refractivity contribution in [2.75, 3.05) is 52.5 Å². The van der Waals surface area contributed by atoms with E-state index in [-0.39, 0.29) is 28.8 Å². The summed E-state index contributed by atoms with van der Waals surface area (Å²) < 4.78 is 53.5. The van der Waals surface area contributed by atoms with Crippen molar-refractivity contribution in [3.63, 3.8) is 0 Å². The number of rotatable bonds is 17. The van der Waals surface area contributed by atoms with Gasteiger partial charge in [0.05, 0.1) is 28.5 Å². The molecule has 2 N–H and O–H groups in total. The number of alkyl halides is 3. The molecular formula is C55H46ClF3N2O6S2. The van der Waals surface area contributed by atoms with Crippen LogP contribution >= 0.6 is 34.3 Å². The van der Waals surface area contributed by atoms with Gasteiger partial charge in [-0.1, -0.05) is 48.0 Å². The van der Waals surface area contributed by atoms with Crippen molar-refractivity contribution in [3.05, 3.63) is 164 Å². The van der Waals surface area contributed by atoms with Crippen molar-refractivity contribution in [1.29, 1.82) is 0 Å². The number of hydrogen-bond donors (Lipinski definition) is 2. The fraction of sp³-hybridized carbons (Fsp3) is 0.236. The quantitative estimate of drug-likeness (QED) is 0.0688. The van der Waals surface area contributed by atoms with Crippen molar-refractivity contribution < 1.29 is 42.4 Å². The van der Waals surface area contributed by atoms with E-state index in [9.17, 15) is 33.0 Å². The van der Waals surface area contributed by atoms with Crippen LogP contribution in [-0.4, -0.2) is 84.1 Å². The zero-order chi connectivity index (χ0) is 47.8. The number of aromatic hydroxyl groups is 2. The first kappa shape index (κ1) is 46.5. The minimum atomic E-state index is -4.52. The summed E-state index contributed by atoms with van der Waals surface area (Å²) in [4.78, 5) is 33.7. The molecule has 0 unspecified atom stereocenters. The summed E-state index contributed by atoms with van der Waals surface area (Å²) in [7, 11) is 0. The molecule has 2 fully saturated rings. The molecule has 0 aliphatic carbocycles. The first-order valence-electron chi connectivity index (χ1n) is 22.9. The number of benzene rings is 6. The third kappa shape index (κ3) is 9.84. The Morgan fingerprint density at radius 3 is 1.75 bits per heavy atom. The lowest BCUT2D eigenvalue weighted by atomic mass is 9.88. The largest absolute Gasteiger partial charge is 0.508 e. The molecule has 4 heterocycles. The van der Waals surface area contributed by atoms with E-state index in [4.69, 9.17) is 21.1 Å². The van der Waals surface area contributed by atoms with E-state index in [2.05, 4.69) is 9.80 Å².